The molecule has 0 aromatic heterocycles. The maximum atomic E-state index is 11.6. The lowest BCUT2D eigenvalue weighted by Gasteiger charge is -2.02. The SMILES string of the molecule is C=CCOc1ccc(/C=N/OC(=O)c2ccccc2)cc1. The fourth-order valence-electron chi connectivity index (χ4n) is 1.57. The molecule has 0 fully saturated rings. The van der Waals surface area contributed by atoms with E-state index in [1.54, 1.807) is 30.3 Å². The van der Waals surface area contributed by atoms with Crippen LogP contribution in [0.2, 0.25) is 0 Å². The molecule has 0 aliphatic rings. The molecule has 0 saturated carbocycles. The number of nitrogens with zero attached hydrogens (tertiary/aromatic N) is 1. The fourth-order valence-corrected chi connectivity index (χ4v) is 1.57. The van der Waals surface area contributed by atoms with E-state index in [-0.39, 0.29) is 0 Å². The van der Waals surface area contributed by atoms with E-state index in [0.717, 1.165) is 11.3 Å². The molecule has 2 aromatic carbocycles. The lowest BCUT2D eigenvalue weighted by atomic mass is 10.2. The van der Waals surface area contributed by atoms with Crippen molar-refractivity contribution >= 4 is 12.2 Å². The van der Waals surface area contributed by atoms with Gasteiger partial charge in [0.05, 0.1) is 11.8 Å². The van der Waals surface area contributed by atoms with Gasteiger partial charge in [0.1, 0.15) is 12.4 Å². The van der Waals surface area contributed by atoms with Crippen molar-refractivity contribution in [2.75, 3.05) is 6.61 Å². The number of rotatable bonds is 6. The number of ether oxygens (including phenoxy) is 1. The topological polar surface area (TPSA) is 47.9 Å². The Morgan fingerprint density at radius 2 is 1.81 bits per heavy atom. The maximum absolute atomic E-state index is 11.6. The van der Waals surface area contributed by atoms with Crippen molar-refractivity contribution in [1.29, 1.82) is 0 Å². The van der Waals surface area contributed by atoms with Crippen LogP contribution in [0.5, 0.6) is 5.75 Å². The molecule has 0 heterocycles. The summed E-state index contributed by atoms with van der Waals surface area (Å²) in [5.74, 6) is 0.256. The molecule has 0 saturated heterocycles. The normalized spacial score (nSPS) is 10.3. The van der Waals surface area contributed by atoms with Gasteiger partial charge in [-0.05, 0) is 42.0 Å². The predicted molar refractivity (Wildman–Crippen MR) is 81.6 cm³/mol. The third-order valence-electron chi connectivity index (χ3n) is 2.59. The summed E-state index contributed by atoms with van der Waals surface area (Å²) < 4.78 is 5.36. The van der Waals surface area contributed by atoms with Gasteiger partial charge in [-0.25, -0.2) is 4.79 Å². The zero-order valence-corrected chi connectivity index (χ0v) is 11.4. The average molecular weight is 281 g/mol. The molecule has 21 heavy (non-hydrogen) atoms. The molecule has 0 spiro atoms. The Morgan fingerprint density at radius 3 is 2.48 bits per heavy atom. The van der Waals surface area contributed by atoms with Gasteiger partial charge in [-0.15, -0.1) is 0 Å². The van der Waals surface area contributed by atoms with Crippen LogP contribution in [-0.4, -0.2) is 18.8 Å². The number of hydrogen-bond acceptors (Lipinski definition) is 4. The van der Waals surface area contributed by atoms with E-state index < -0.39 is 5.97 Å². The first-order valence-corrected chi connectivity index (χ1v) is 6.43. The van der Waals surface area contributed by atoms with Crippen molar-refractivity contribution in [3.05, 3.63) is 78.4 Å². The minimum absolute atomic E-state index is 0.460. The average Bonchev–Trinajstić information content (AvgIpc) is 2.55. The van der Waals surface area contributed by atoms with E-state index in [2.05, 4.69) is 11.7 Å². The molecule has 0 radical (unpaired) electrons. The lowest BCUT2D eigenvalue weighted by Crippen LogP contribution is -2.00. The van der Waals surface area contributed by atoms with Crippen LogP contribution in [0.4, 0.5) is 0 Å². The second-order valence-electron chi connectivity index (χ2n) is 4.15. The van der Waals surface area contributed by atoms with Crippen molar-refractivity contribution in [2.45, 2.75) is 0 Å². The van der Waals surface area contributed by atoms with Crippen LogP contribution >= 0.6 is 0 Å². The Labute approximate surface area is 123 Å². The maximum Gasteiger partial charge on any atom is 0.365 e. The highest BCUT2D eigenvalue weighted by Gasteiger charge is 2.04. The molecule has 106 valence electrons. The minimum Gasteiger partial charge on any atom is -0.490 e. The van der Waals surface area contributed by atoms with Crippen LogP contribution < -0.4 is 4.74 Å². The molecule has 2 aromatic rings. The Balaban J connectivity index is 1.89. The van der Waals surface area contributed by atoms with Gasteiger partial charge in [0.15, 0.2) is 0 Å². The molecule has 0 amide bonds. The van der Waals surface area contributed by atoms with Crippen molar-refractivity contribution < 1.29 is 14.4 Å². The Kier molecular flexibility index (Phi) is 5.29. The molecule has 2 rings (SSSR count). The summed E-state index contributed by atoms with van der Waals surface area (Å²) in [6.45, 7) is 4.04. The third kappa shape index (κ3) is 4.62. The van der Waals surface area contributed by atoms with Crippen molar-refractivity contribution in [3.63, 3.8) is 0 Å². The quantitative estimate of drug-likeness (QED) is 0.353. The van der Waals surface area contributed by atoms with E-state index in [1.165, 1.54) is 6.21 Å². The van der Waals surface area contributed by atoms with Crippen molar-refractivity contribution in [2.24, 2.45) is 5.16 Å². The van der Waals surface area contributed by atoms with Gasteiger partial charge in [0, 0.05) is 0 Å². The molecule has 0 atom stereocenters. The standard InChI is InChI=1S/C17H15NO3/c1-2-12-20-16-10-8-14(9-11-16)13-18-21-17(19)15-6-4-3-5-7-15/h2-11,13H,1,12H2/b18-13+. The van der Waals surface area contributed by atoms with Crippen LogP contribution in [0.3, 0.4) is 0 Å². The zero-order valence-electron chi connectivity index (χ0n) is 11.4. The van der Waals surface area contributed by atoms with Gasteiger partial charge in [-0.1, -0.05) is 36.0 Å². The Morgan fingerprint density at radius 1 is 1.10 bits per heavy atom. The smallest absolute Gasteiger partial charge is 0.365 e. The predicted octanol–water partition coefficient (Wildman–Crippen LogP) is 3.44. The monoisotopic (exact) mass is 281 g/mol. The van der Waals surface area contributed by atoms with Gasteiger partial charge < -0.3 is 9.57 Å². The minimum atomic E-state index is -0.488. The van der Waals surface area contributed by atoms with E-state index in [1.807, 2.05) is 30.3 Å². The summed E-state index contributed by atoms with van der Waals surface area (Å²) in [6, 6.07) is 16.0. The summed E-state index contributed by atoms with van der Waals surface area (Å²) in [5.41, 5.74) is 1.27. The number of carbonyl (C=O) groups is 1. The van der Waals surface area contributed by atoms with Gasteiger partial charge in [0.2, 0.25) is 0 Å². The molecule has 0 unspecified atom stereocenters. The lowest BCUT2D eigenvalue weighted by molar-refractivity contribution is 0.0519. The molecule has 0 N–H and O–H groups in total. The number of oxime groups is 1. The van der Waals surface area contributed by atoms with Gasteiger partial charge in [0.25, 0.3) is 0 Å². The second kappa shape index (κ2) is 7.65. The van der Waals surface area contributed by atoms with Crippen molar-refractivity contribution in [1.82, 2.24) is 0 Å². The van der Waals surface area contributed by atoms with Gasteiger partial charge >= 0.3 is 5.97 Å². The van der Waals surface area contributed by atoms with Crippen LogP contribution in [-0.2, 0) is 4.84 Å². The first-order valence-electron chi connectivity index (χ1n) is 6.43. The summed E-state index contributed by atoms with van der Waals surface area (Å²) in [4.78, 5) is 16.5. The summed E-state index contributed by atoms with van der Waals surface area (Å²) in [7, 11) is 0. The molecule has 0 aliphatic carbocycles. The van der Waals surface area contributed by atoms with E-state index in [4.69, 9.17) is 9.57 Å². The van der Waals surface area contributed by atoms with E-state index in [9.17, 15) is 4.79 Å². The fraction of sp³-hybridized carbons (Fsp3) is 0.0588. The highest BCUT2D eigenvalue weighted by Crippen LogP contribution is 2.11. The molecule has 0 aliphatic heterocycles. The molecule has 4 nitrogen and oxygen atoms in total. The zero-order chi connectivity index (χ0) is 14.9. The van der Waals surface area contributed by atoms with Crippen molar-refractivity contribution in [3.8, 4) is 5.75 Å². The van der Waals surface area contributed by atoms with Gasteiger partial charge in [-0.3, -0.25) is 0 Å². The Bertz CT molecular complexity index is 618. The first-order chi connectivity index (χ1) is 10.3. The number of carbonyl (C=O) groups excluding carboxylic acids is 1. The van der Waals surface area contributed by atoms with E-state index >= 15 is 0 Å². The highest BCUT2D eigenvalue weighted by molar-refractivity contribution is 5.90. The van der Waals surface area contributed by atoms with Crippen LogP contribution in [0, 0.1) is 0 Å². The van der Waals surface area contributed by atoms with Crippen LogP contribution in [0.25, 0.3) is 0 Å². The van der Waals surface area contributed by atoms with Gasteiger partial charge in [-0.2, -0.15) is 0 Å². The summed E-state index contributed by atoms with van der Waals surface area (Å²) >= 11 is 0. The molecule has 4 heteroatoms. The third-order valence-corrected chi connectivity index (χ3v) is 2.59. The van der Waals surface area contributed by atoms with Crippen LogP contribution in [0.15, 0.2) is 72.4 Å². The first kappa shape index (κ1) is 14.5. The summed E-state index contributed by atoms with van der Waals surface area (Å²) in [6.07, 6.45) is 3.15. The molecule has 0 bridgehead atoms. The number of hydrogen-bond donors (Lipinski definition) is 0. The number of benzene rings is 2. The largest absolute Gasteiger partial charge is 0.490 e. The summed E-state index contributed by atoms with van der Waals surface area (Å²) in [5, 5.41) is 3.68. The molecular formula is C17H15NO3. The second-order valence-corrected chi connectivity index (χ2v) is 4.15. The molecular weight excluding hydrogens is 266 g/mol. The highest BCUT2D eigenvalue weighted by atomic mass is 16.7. The van der Waals surface area contributed by atoms with Crippen LogP contribution in [0.1, 0.15) is 15.9 Å². The Hall–Kier alpha value is -2.88. The van der Waals surface area contributed by atoms with E-state index in [0.29, 0.717) is 12.2 Å².